The summed E-state index contributed by atoms with van der Waals surface area (Å²) in [4.78, 5) is 18.0. The van der Waals surface area contributed by atoms with Crippen LogP contribution in [0.4, 0.5) is 0 Å². The third-order valence-corrected chi connectivity index (χ3v) is 3.97. The number of aliphatic hydroxyl groups is 1. The first-order chi connectivity index (χ1) is 9.22. The Morgan fingerprint density at radius 3 is 2.79 bits per heavy atom. The smallest absolute Gasteiger partial charge is 0.273 e. The van der Waals surface area contributed by atoms with Crippen LogP contribution < -0.4 is 0 Å². The van der Waals surface area contributed by atoms with Gasteiger partial charge in [-0.1, -0.05) is 30.3 Å². The van der Waals surface area contributed by atoms with Gasteiger partial charge in [0, 0.05) is 24.9 Å². The standard InChI is InChI=1S/C14H14N2O2S/c17-11-7-16(8-11)14(18)12-9-19-13(15-12)6-10-4-2-1-3-5-10/h1-5,9,11,17H,6-8H2. The second kappa shape index (κ2) is 5.11. The molecule has 19 heavy (non-hydrogen) atoms. The highest BCUT2D eigenvalue weighted by Crippen LogP contribution is 2.18. The van der Waals surface area contributed by atoms with Crippen molar-refractivity contribution in [2.24, 2.45) is 0 Å². The van der Waals surface area contributed by atoms with Gasteiger partial charge in [0.2, 0.25) is 0 Å². The number of nitrogens with zero attached hydrogens (tertiary/aromatic N) is 2. The second-order valence-corrected chi connectivity index (χ2v) is 5.60. The summed E-state index contributed by atoms with van der Waals surface area (Å²) in [5.41, 5.74) is 1.68. The molecule has 0 saturated carbocycles. The van der Waals surface area contributed by atoms with Crippen molar-refractivity contribution in [1.82, 2.24) is 9.88 Å². The molecule has 5 heteroatoms. The maximum absolute atomic E-state index is 12.0. The molecule has 1 saturated heterocycles. The van der Waals surface area contributed by atoms with Crippen molar-refractivity contribution < 1.29 is 9.90 Å². The minimum atomic E-state index is -0.369. The zero-order valence-electron chi connectivity index (χ0n) is 10.3. The fourth-order valence-electron chi connectivity index (χ4n) is 2.04. The van der Waals surface area contributed by atoms with Gasteiger partial charge in [-0.2, -0.15) is 0 Å². The largest absolute Gasteiger partial charge is 0.389 e. The van der Waals surface area contributed by atoms with E-state index in [4.69, 9.17) is 0 Å². The van der Waals surface area contributed by atoms with Crippen LogP contribution in [0.5, 0.6) is 0 Å². The van der Waals surface area contributed by atoms with Crippen molar-refractivity contribution in [2.45, 2.75) is 12.5 Å². The lowest BCUT2D eigenvalue weighted by Gasteiger charge is -2.35. The topological polar surface area (TPSA) is 53.4 Å². The fourth-order valence-corrected chi connectivity index (χ4v) is 2.85. The molecule has 0 bridgehead atoms. The zero-order valence-corrected chi connectivity index (χ0v) is 11.1. The van der Waals surface area contributed by atoms with E-state index in [1.807, 2.05) is 18.2 Å². The number of hydrogen-bond acceptors (Lipinski definition) is 4. The van der Waals surface area contributed by atoms with Crippen LogP contribution in [0.25, 0.3) is 0 Å². The van der Waals surface area contributed by atoms with Crippen LogP contribution in [0.15, 0.2) is 35.7 Å². The summed E-state index contributed by atoms with van der Waals surface area (Å²) in [6, 6.07) is 10.1. The minimum Gasteiger partial charge on any atom is -0.389 e. The van der Waals surface area contributed by atoms with Crippen molar-refractivity contribution in [1.29, 1.82) is 0 Å². The van der Waals surface area contributed by atoms with Gasteiger partial charge in [0.1, 0.15) is 5.69 Å². The van der Waals surface area contributed by atoms with Gasteiger partial charge in [-0.25, -0.2) is 4.98 Å². The average molecular weight is 274 g/mol. The van der Waals surface area contributed by atoms with Crippen molar-refractivity contribution in [3.63, 3.8) is 0 Å². The third kappa shape index (κ3) is 2.67. The van der Waals surface area contributed by atoms with E-state index in [9.17, 15) is 9.90 Å². The highest BCUT2D eigenvalue weighted by atomic mass is 32.1. The second-order valence-electron chi connectivity index (χ2n) is 4.65. The minimum absolute atomic E-state index is 0.0825. The highest BCUT2D eigenvalue weighted by Gasteiger charge is 2.30. The molecule has 0 spiro atoms. The monoisotopic (exact) mass is 274 g/mol. The lowest BCUT2D eigenvalue weighted by molar-refractivity contribution is 0.00555. The molecule has 0 atom stereocenters. The Hall–Kier alpha value is -1.72. The lowest BCUT2D eigenvalue weighted by Crippen LogP contribution is -2.53. The van der Waals surface area contributed by atoms with E-state index in [-0.39, 0.29) is 12.0 Å². The van der Waals surface area contributed by atoms with Gasteiger partial charge < -0.3 is 10.0 Å². The summed E-state index contributed by atoms with van der Waals surface area (Å²) in [6.07, 6.45) is 0.382. The molecular weight excluding hydrogens is 260 g/mol. The van der Waals surface area contributed by atoms with Crippen LogP contribution in [0.2, 0.25) is 0 Å². The molecule has 1 aromatic heterocycles. The summed E-state index contributed by atoms with van der Waals surface area (Å²) in [5.74, 6) is -0.0825. The predicted molar refractivity (Wildman–Crippen MR) is 73.3 cm³/mol. The summed E-state index contributed by atoms with van der Waals surface area (Å²) >= 11 is 1.50. The van der Waals surface area contributed by atoms with E-state index in [1.54, 1.807) is 10.3 Å². The molecule has 0 unspecified atom stereocenters. The third-order valence-electron chi connectivity index (χ3n) is 3.12. The van der Waals surface area contributed by atoms with Gasteiger partial charge in [0.05, 0.1) is 11.1 Å². The van der Waals surface area contributed by atoms with E-state index in [0.717, 1.165) is 11.4 Å². The number of benzene rings is 1. The molecule has 0 aliphatic carbocycles. The SMILES string of the molecule is O=C(c1csc(Cc2ccccc2)n1)N1CC(O)C1. The fraction of sp³-hybridized carbons (Fsp3) is 0.286. The van der Waals surface area contributed by atoms with E-state index in [2.05, 4.69) is 17.1 Å². The maximum Gasteiger partial charge on any atom is 0.273 e. The number of carbonyl (C=O) groups is 1. The molecule has 98 valence electrons. The molecule has 0 radical (unpaired) electrons. The van der Waals surface area contributed by atoms with Gasteiger partial charge in [-0.05, 0) is 5.56 Å². The Balaban J connectivity index is 1.68. The zero-order chi connectivity index (χ0) is 13.2. The predicted octanol–water partition coefficient (Wildman–Crippen LogP) is 1.55. The molecule has 1 amide bonds. The normalized spacial score (nSPS) is 15.3. The van der Waals surface area contributed by atoms with Crippen LogP contribution in [0.1, 0.15) is 21.1 Å². The summed E-state index contributed by atoms with van der Waals surface area (Å²) in [6.45, 7) is 0.842. The molecule has 2 aromatic rings. The summed E-state index contributed by atoms with van der Waals surface area (Å²) in [7, 11) is 0. The quantitative estimate of drug-likeness (QED) is 0.924. The molecule has 1 aliphatic heterocycles. The molecule has 2 heterocycles. The summed E-state index contributed by atoms with van der Waals surface area (Å²) < 4.78 is 0. The first-order valence-corrected chi connectivity index (χ1v) is 7.06. The maximum atomic E-state index is 12.0. The Bertz CT molecular complexity index is 576. The number of rotatable bonds is 3. The molecule has 1 fully saturated rings. The van der Waals surface area contributed by atoms with Crippen LogP contribution in [0.3, 0.4) is 0 Å². The number of hydrogen-bond donors (Lipinski definition) is 1. The summed E-state index contributed by atoms with van der Waals surface area (Å²) in [5, 5.41) is 11.9. The van der Waals surface area contributed by atoms with Gasteiger partial charge in [-0.15, -0.1) is 11.3 Å². The Kier molecular flexibility index (Phi) is 3.31. The van der Waals surface area contributed by atoms with Gasteiger partial charge in [-0.3, -0.25) is 4.79 Å². The number of carbonyl (C=O) groups excluding carboxylic acids is 1. The molecule has 3 rings (SSSR count). The Labute approximate surface area is 115 Å². The molecular formula is C14H14N2O2S. The van der Waals surface area contributed by atoms with Gasteiger partial charge in [0.25, 0.3) is 5.91 Å². The first kappa shape index (κ1) is 12.3. The van der Waals surface area contributed by atoms with Crippen LogP contribution in [-0.4, -0.2) is 40.1 Å². The van der Waals surface area contributed by atoms with Crippen LogP contribution >= 0.6 is 11.3 Å². The molecule has 1 N–H and O–H groups in total. The van der Waals surface area contributed by atoms with E-state index >= 15 is 0 Å². The van der Waals surface area contributed by atoms with Crippen molar-refractivity contribution in [3.8, 4) is 0 Å². The van der Waals surface area contributed by atoms with Crippen molar-refractivity contribution in [3.05, 3.63) is 52.0 Å². The van der Waals surface area contributed by atoms with Gasteiger partial charge >= 0.3 is 0 Å². The molecule has 4 nitrogen and oxygen atoms in total. The number of amides is 1. The van der Waals surface area contributed by atoms with Crippen LogP contribution in [0, 0.1) is 0 Å². The number of likely N-dealkylation sites (tertiary alicyclic amines) is 1. The van der Waals surface area contributed by atoms with Crippen molar-refractivity contribution in [2.75, 3.05) is 13.1 Å². The Morgan fingerprint density at radius 1 is 1.37 bits per heavy atom. The Morgan fingerprint density at radius 2 is 2.11 bits per heavy atom. The highest BCUT2D eigenvalue weighted by molar-refractivity contribution is 7.09. The average Bonchev–Trinajstić information content (AvgIpc) is 2.84. The number of β-amino-alcohol motifs (C(OH)–C–C–N with tert-alkyl or cyclic N) is 1. The molecule has 1 aliphatic rings. The first-order valence-electron chi connectivity index (χ1n) is 6.18. The van der Waals surface area contributed by atoms with Crippen LogP contribution in [-0.2, 0) is 6.42 Å². The lowest BCUT2D eigenvalue weighted by atomic mass is 10.1. The van der Waals surface area contributed by atoms with E-state index in [0.29, 0.717) is 18.8 Å². The number of aromatic nitrogens is 1. The number of aliphatic hydroxyl groups excluding tert-OH is 1. The van der Waals surface area contributed by atoms with Crippen molar-refractivity contribution >= 4 is 17.2 Å². The molecule has 1 aromatic carbocycles. The van der Waals surface area contributed by atoms with Gasteiger partial charge in [0.15, 0.2) is 0 Å². The van der Waals surface area contributed by atoms with E-state index in [1.165, 1.54) is 16.9 Å². The number of thiazole rings is 1. The van der Waals surface area contributed by atoms with E-state index < -0.39 is 0 Å².